The molecule has 0 bridgehead atoms. The summed E-state index contributed by atoms with van der Waals surface area (Å²) < 4.78 is 6.46. The Hall–Kier alpha value is -1.06. The van der Waals surface area contributed by atoms with E-state index in [9.17, 15) is 4.79 Å². The highest BCUT2D eigenvalue weighted by Crippen LogP contribution is 2.31. The van der Waals surface area contributed by atoms with E-state index in [-0.39, 0.29) is 0 Å². The average Bonchev–Trinajstić information content (AvgIpc) is 2.44. The molecule has 2 nitrogen and oxygen atoms in total. The predicted molar refractivity (Wildman–Crippen MR) is 53.5 cm³/mol. The van der Waals surface area contributed by atoms with Gasteiger partial charge in [0, 0.05) is 4.70 Å². The molecule has 0 radical (unpaired) electrons. The van der Waals surface area contributed by atoms with Gasteiger partial charge in [-0.15, -0.1) is 11.3 Å². The van der Waals surface area contributed by atoms with Crippen LogP contribution in [0.3, 0.4) is 0 Å². The number of ether oxygens (including phenoxy) is 1. The molecule has 0 aliphatic carbocycles. The van der Waals surface area contributed by atoms with Crippen molar-refractivity contribution in [3.05, 3.63) is 28.6 Å². The highest BCUT2D eigenvalue weighted by Gasteiger charge is 2.01. The maximum Gasteiger partial charge on any atom is 0.298 e. The highest BCUT2D eigenvalue weighted by molar-refractivity contribution is 7.22. The van der Waals surface area contributed by atoms with Gasteiger partial charge in [-0.2, -0.15) is 0 Å². The van der Waals surface area contributed by atoms with Crippen LogP contribution < -0.4 is 4.74 Å². The van der Waals surface area contributed by atoms with Crippen molar-refractivity contribution in [2.24, 2.45) is 0 Å². The van der Waals surface area contributed by atoms with E-state index in [1.54, 1.807) is 12.1 Å². The topological polar surface area (TPSA) is 26.3 Å². The molecule has 1 aromatic carbocycles. The van der Waals surface area contributed by atoms with E-state index < -0.39 is 0 Å². The molecule has 0 amide bonds. The molecule has 13 heavy (non-hydrogen) atoms. The van der Waals surface area contributed by atoms with Crippen LogP contribution in [-0.4, -0.2) is 6.47 Å². The summed E-state index contributed by atoms with van der Waals surface area (Å²) >= 11 is 7.28. The summed E-state index contributed by atoms with van der Waals surface area (Å²) in [6.07, 6.45) is 0. The number of benzene rings is 1. The fraction of sp³-hybridized carbons (Fsp3) is 0. The number of hydrogen-bond acceptors (Lipinski definition) is 3. The lowest BCUT2D eigenvalue weighted by atomic mass is 10.2. The molecule has 0 saturated heterocycles. The Morgan fingerprint density at radius 1 is 1.38 bits per heavy atom. The maximum absolute atomic E-state index is 10.1. The Morgan fingerprint density at radius 2 is 2.23 bits per heavy atom. The largest absolute Gasteiger partial charge is 0.429 e. The number of hydrogen-bond donors (Lipinski definition) is 0. The Kier molecular flexibility index (Phi) is 2.20. The molecule has 1 aromatic heterocycles. The number of carbonyl (C=O) groups is 1. The minimum atomic E-state index is 0.413. The Labute approximate surface area is 83.7 Å². The fourth-order valence-electron chi connectivity index (χ4n) is 1.11. The third-order valence-corrected chi connectivity index (χ3v) is 2.87. The second-order valence-corrected chi connectivity index (χ2v) is 4.18. The normalized spacial score (nSPS) is 10.2. The van der Waals surface area contributed by atoms with Crippen LogP contribution in [0.4, 0.5) is 0 Å². The second kappa shape index (κ2) is 3.36. The zero-order valence-electron chi connectivity index (χ0n) is 6.49. The molecular weight excluding hydrogens is 208 g/mol. The first-order valence-electron chi connectivity index (χ1n) is 3.59. The van der Waals surface area contributed by atoms with Gasteiger partial charge in [-0.05, 0) is 29.7 Å². The van der Waals surface area contributed by atoms with Gasteiger partial charge in [0.05, 0.1) is 4.34 Å². The molecule has 4 heteroatoms. The lowest BCUT2D eigenvalue weighted by molar-refractivity contribution is -0.120. The summed E-state index contributed by atoms with van der Waals surface area (Å²) in [6, 6.07) is 7.28. The van der Waals surface area contributed by atoms with Crippen molar-refractivity contribution in [1.82, 2.24) is 0 Å². The van der Waals surface area contributed by atoms with Crippen molar-refractivity contribution in [3.63, 3.8) is 0 Å². The molecule has 0 atom stereocenters. The number of halogens is 1. The predicted octanol–water partition coefficient (Wildman–Crippen LogP) is 3.09. The molecule has 1 heterocycles. The van der Waals surface area contributed by atoms with Crippen molar-refractivity contribution in [1.29, 1.82) is 0 Å². The van der Waals surface area contributed by atoms with Crippen molar-refractivity contribution in [2.75, 3.05) is 0 Å². The zero-order chi connectivity index (χ0) is 9.26. The average molecular weight is 213 g/mol. The molecule has 0 aliphatic rings. The lowest BCUT2D eigenvalue weighted by Crippen LogP contribution is -1.86. The minimum Gasteiger partial charge on any atom is -0.429 e. The Balaban J connectivity index is 2.54. The minimum absolute atomic E-state index is 0.413. The van der Waals surface area contributed by atoms with E-state index in [1.165, 1.54) is 11.3 Å². The van der Waals surface area contributed by atoms with E-state index >= 15 is 0 Å². The Bertz CT molecular complexity index is 450. The zero-order valence-corrected chi connectivity index (χ0v) is 8.06. The maximum atomic E-state index is 10.1. The molecule has 0 unspecified atom stereocenters. The summed E-state index contributed by atoms with van der Waals surface area (Å²) in [6.45, 7) is 0.413. The van der Waals surface area contributed by atoms with Gasteiger partial charge in [-0.25, -0.2) is 0 Å². The number of fused-ring (bicyclic) bond motifs is 1. The summed E-state index contributed by atoms with van der Waals surface area (Å²) in [5.74, 6) is 0.543. The molecule has 2 rings (SSSR count). The van der Waals surface area contributed by atoms with Crippen LogP contribution in [-0.2, 0) is 4.79 Å². The van der Waals surface area contributed by atoms with Gasteiger partial charge in [-0.1, -0.05) is 11.6 Å². The number of thiophene rings is 1. The van der Waals surface area contributed by atoms with Crippen LogP contribution in [0.2, 0.25) is 4.34 Å². The van der Waals surface area contributed by atoms with E-state index in [0.29, 0.717) is 12.2 Å². The molecule has 0 fully saturated rings. The summed E-state index contributed by atoms with van der Waals surface area (Å²) in [5.41, 5.74) is 0. The molecule has 0 aliphatic heterocycles. The summed E-state index contributed by atoms with van der Waals surface area (Å²) in [7, 11) is 0. The molecule has 2 aromatic rings. The molecule has 0 saturated carbocycles. The van der Waals surface area contributed by atoms with E-state index in [4.69, 9.17) is 16.3 Å². The first-order valence-corrected chi connectivity index (χ1v) is 4.78. The smallest absolute Gasteiger partial charge is 0.298 e. The van der Waals surface area contributed by atoms with Crippen molar-refractivity contribution in [2.45, 2.75) is 0 Å². The van der Waals surface area contributed by atoms with Gasteiger partial charge in [0.2, 0.25) is 0 Å². The van der Waals surface area contributed by atoms with Crippen LogP contribution in [0.15, 0.2) is 24.3 Å². The summed E-state index contributed by atoms with van der Waals surface area (Å²) in [4.78, 5) is 10.1. The van der Waals surface area contributed by atoms with Crippen molar-refractivity contribution >= 4 is 39.5 Å². The van der Waals surface area contributed by atoms with E-state index in [1.807, 2.05) is 12.1 Å². The van der Waals surface area contributed by atoms with Crippen molar-refractivity contribution < 1.29 is 9.53 Å². The lowest BCUT2D eigenvalue weighted by Gasteiger charge is -1.95. The van der Waals surface area contributed by atoms with E-state index in [0.717, 1.165) is 14.4 Å². The first-order chi connectivity index (χ1) is 6.29. The second-order valence-electron chi connectivity index (χ2n) is 2.46. The van der Waals surface area contributed by atoms with Gasteiger partial charge in [0.25, 0.3) is 6.47 Å². The van der Waals surface area contributed by atoms with Crippen LogP contribution in [0, 0.1) is 0 Å². The Morgan fingerprint density at radius 3 is 3.00 bits per heavy atom. The van der Waals surface area contributed by atoms with Gasteiger partial charge < -0.3 is 4.74 Å². The quantitative estimate of drug-likeness (QED) is 0.716. The highest BCUT2D eigenvalue weighted by atomic mass is 35.5. The third kappa shape index (κ3) is 1.66. The standard InChI is InChI=1S/C9H5ClO2S/c10-9-3-6-1-2-7(12-5-11)4-8(6)13-9/h1-5H. The monoisotopic (exact) mass is 212 g/mol. The molecule has 0 N–H and O–H groups in total. The van der Waals surface area contributed by atoms with Crippen LogP contribution in [0.25, 0.3) is 10.1 Å². The van der Waals surface area contributed by atoms with Gasteiger partial charge in [0.15, 0.2) is 0 Å². The van der Waals surface area contributed by atoms with Crippen LogP contribution >= 0.6 is 22.9 Å². The molecular formula is C9H5ClO2S. The number of rotatable bonds is 2. The summed E-state index contributed by atoms with van der Waals surface area (Å²) in [5, 5.41) is 1.06. The van der Waals surface area contributed by atoms with Gasteiger partial charge in [0.1, 0.15) is 5.75 Å². The molecule has 66 valence electrons. The van der Waals surface area contributed by atoms with Crippen molar-refractivity contribution in [3.8, 4) is 5.75 Å². The number of carbonyl (C=O) groups excluding carboxylic acids is 1. The van der Waals surface area contributed by atoms with Gasteiger partial charge in [-0.3, -0.25) is 4.79 Å². The SMILES string of the molecule is O=COc1ccc2cc(Cl)sc2c1. The van der Waals surface area contributed by atoms with Crippen LogP contribution in [0.1, 0.15) is 0 Å². The third-order valence-electron chi connectivity index (χ3n) is 1.65. The van der Waals surface area contributed by atoms with Gasteiger partial charge >= 0.3 is 0 Å². The van der Waals surface area contributed by atoms with E-state index in [2.05, 4.69) is 0 Å². The molecule has 0 spiro atoms. The van der Waals surface area contributed by atoms with Crippen LogP contribution in [0.5, 0.6) is 5.75 Å². The first kappa shape index (κ1) is 8.53. The fourth-order valence-corrected chi connectivity index (χ4v) is 2.29.